The first-order valence-corrected chi connectivity index (χ1v) is 6.18. The Morgan fingerprint density at radius 2 is 2.47 bits per heavy atom. The van der Waals surface area contributed by atoms with Gasteiger partial charge in [-0.15, -0.1) is 11.8 Å². The molecule has 1 heterocycles. The maximum atomic E-state index is 8.89. The minimum Gasteiger partial charge on any atom is -0.396 e. The van der Waals surface area contributed by atoms with Crippen molar-refractivity contribution in [3.63, 3.8) is 0 Å². The van der Waals surface area contributed by atoms with Crippen LogP contribution in [0.25, 0.3) is 0 Å². The molecule has 0 aliphatic carbocycles. The molecular formula is C8H13BrN4OS. The number of aromatic nitrogens is 2. The zero-order valence-electron chi connectivity index (χ0n) is 8.27. The van der Waals surface area contributed by atoms with Crippen molar-refractivity contribution in [1.29, 1.82) is 0 Å². The topological polar surface area (TPSA) is 84.1 Å². The molecule has 15 heavy (non-hydrogen) atoms. The molecule has 0 saturated heterocycles. The van der Waals surface area contributed by atoms with Gasteiger partial charge in [-0.05, 0) is 21.8 Å². The van der Waals surface area contributed by atoms with Crippen LogP contribution in [0.5, 0.6) is 0 Å². The number of thioether (sulfide) groups is 1. The maximum Gasteiger partial charge on any atom is 0.238 e. The number of hydrogen-bond acceptors (Lipinski definition) is 6. The lowest BCUT2D eigenvalue weighted by Crippen LogP contribution is -2.11. The van der Waals surface area contributed by atoms with Crippen LogP contribution in [-0.2, 0) is 0 Å². The van der Waals surface area contributed by atoms with Gasteiger partial charge in [0, 0.05) is 18.6 Å². The second-order valence-electron chi connectivity index (χ2n) is 3.09. The van der Waals surface area contributed by atoms with E-state index in [1.165, 1.54) is 0 Å². The molecular weight excluding hydrogens is 280 g/mol. The molecule has 1 rings (SSSR count). The van der Waals surface area contributed by atoms with Gasteiger partial charge in [0.2, 0.25) is 5.95 Å². The fourth-order valence-electron chi connectivity index (χ4n) is 0.796. The van der Waals surface area contributed by atoms with E-state index in [9.17, 15) is 0 Å². The molecule has 5 nitrogen and oxygen atoms in total. The smallest absolute Gasteiger partial charge is 0.238 e. The van der Waals surface area contributed by atoms with Crippen LogP contribution in [0.15, 0.2) is 15.7 Å². The highest BCUT2D eigenvalue weighted by molar-refractivity contribution is 9.10. The number of hydrogen-bond donors (Lipinski definition) is 3. The van der Waals surface area contributed by atoms with E-state index in [4.69, 9.17) is 10.9 Å². The van der Waals surface area contributed by atoms with Gasteiger partial charge in [-0.2, -0.15) is 0 Å². The number of nitrogens with zero attached hydrogens (tertiary/aromatic N) is 2. The van der Waals surface area contributed by atoms with Gasteiger partial charge in [0.1, 0.15) is 5.03 Å². The van der Waals surface area contributed by atoms with Crippen LogP contribution in [0.4, 0.5) is 5.95 Å². The van der Waals surface area contributed by atoms with E-state index in [0.29, 0.717) is 5.95 Å². The molecule has 1 aromatic rings. The molecule has 0 aromatic carbocycles. The Balaban J connectivity index is 2.66. The van der Waals surface area contributed by atoms with Crippen molar-refractivity contribution < 1.29 is 5.11 Å². The van der Waals surface area contributed by atoms with Gasteiger partial charge >= 0.3 is 0 Å². The van der Waals surface area contributed by atoms with Gasteiger partial charge in [0.15, 0.2) is 0 Å². The van der Waals surface area contributed by atoms with E-state index in [-0.39, 0.29) is 12.5 Å². The van der Waals surface area contributed by atoms with E-state index in [1.54, 1.807) is 18.0 Å². The predicted molar refractivity (Wildman–Crippen MR) is 64.5 cm³/mol. The third-order valence-electron chi connectivity index (χ3n) is 1.66. The molecule has 0 aliphatic rings. The average Bonchev–Trinajstić information content (AvgIpc) is 2.27. The summed E-state index contributed by atoms with van der Waals surface area (Å²) in [7, 11) is 0. The quantitative estimate of drug-likeness (QED) is 0.328. The molecule has 0 aliphatic heterocycles. The SMILES string of the molecule is CC(CO)CSc1nc(NN)ncc1Br. The highest BCUT2D eigenvalue weighted by Gasteiger charge is 2.07. The van der Waals surface area contributed by atoms with Crippen LogP contribution in [-0.4, -0.2) is 27.4 Å². The lowest BCUT2D eigenvalue weighted by Gasteiger charge is -2.08. The first-order chi connectivity index (χ1) is 7.17. The minimum atomic E-state index is 0.178. The third-order valence-corrected chi connectivity index (χ3v) is 3.82. The summed E-state index contributed by atoms with van der Waals surface area (Å²) in [5.41, 5.74) is 2.39. The van der Waals surface area contributed by atoms with E-state index in [2.05, 4.69) is 31.3 Å². The Morgan fingerprint density at radius 1 is 1.73 bits per heavy atom. The average molecular weight is 293 g/mol. The first-order valence-electron chi connectivity index (χ1n) is 4.40. The molecule has 84 valence electrons. The monoisotopic (exact) mass is 292 g/mol. The summed E-state index contributed by atoms with van der Waals surface area (Å²) in [5.74, 6) is 6.64. The Bertz CT molecular complexity index is 326. The largest absolute Gasteiger partial charge is 0.396 e. The highest BCUT2D eigenvalue weighted by Crippen LogP contribution is 2.26. The van der Waals surface area contributed by atoms with Gasteiger partial charge in [0.05, 0.1) is 4.47 Å². The minimum absolute atomic E-state index is 0.178. The second kappa shape index (κ2) is 6.26. The molecule has 1 unspecified atom stereocenters. The summed E-state index contributed by atoms with van der Waals surface area (Å²) in [6, 6.07) is 0. The summed E-state index contributed by atoms with van der Waals surface area (Å²) >= 11 is 4.91. The van der Waals surface area contributed by atoms with Crippen LogP contribution in [0.1, 0.15) is 6.92 Å². The number of aliphatic hydroxyl groups excluding tert-OH is 1. The number of anilines is 1. The van der Waals surface area contributed by atoms with E-state index in [0.717, 1.165) is 15.3 Å². The van der Waals surface area contributed by atoms with Gasteiger partial charge in [0.25, 0.3) is 0 Å². The molecule has 7 heteroatoms. The molecule has 4 N–H and O–H groups in total. The first kappa shape index (κ1) is 12.7. The van der Waals surface area contributed by atoms with Gasteiger partial charge in [-0.1, -0.05) is 6.92 Å². The van der Waals surface area contributed by atoms with Crippen molar-refractivity contribution in [3.8, 4) is 0 Å². The number of nitrogens with two attached hydrogens (primary N) is 1. The lowest BCUT2D eigenvalue weighted by atomic mass is 10.2. The van der Waals surface area contributed by atoms with Gasteiger partial charge in [-0.3, -0.25) is 5.43 Å². The fraction of sp³-hybridized carbons (Fsp3) is 0.500. The summed E-state index contributed by atoms with van der Waals surface area (Å²) in [4.78, 5) is 8.13. The molecule has 0 radical (unpaired) electrons. The summed E-state index contributed by atoms with van der Waals surface area (Å²) in [6.07, 6.45) is 1.65. The normalized spacial score (nSPS) is 12.5. The van der Waals surface area contributed by atoms with Crippen LogP contribution < -0.4 is 11.3 Å². The lowest BCUT2D eigenvalue weighted by molar-refractivity contribution is 0.250. The standard InChI is InChI=1S/C8H13BrN4OS/c1-5(3-14)4-15-7-6(9)2-11-8(12-7)13-10/h2,5,14H,3-4,10H2,1H3,(H,11,12,13). The van der Waals surface area contributed by atoms with Crippen molar-refractivity contribution in [2.45, 2.75) is 11.9 Å². The highest BCUT2D eigenvalue weighted by atomic mass is 79.9. The summed E-state index contributed by atoms with van der Waals surface area (Å²) in [6.45, 7) is 2.15. The maximum absolute atomic E-state index is 8.89. The molecule has 0 saturated carbocycles. The molecule has 1 atom stereocenters. The number of aliphatic hydroxyl groups is 1. The molecule has 1 aromatic heterocycles. The van der Waals surface area contributed by atoms with E-state index in [1.807, 2.05) is 6.92 Å². The van der Waals surface area contributed by atoms with Crippen LogP contribution in [0.2, 0.25) is 0 Å². The van der Waals surface area contributed by atoms with Gasteiger partial charge in [-0.25, -0.2) is 15.8 Å². The number of nitrogen functional groups attached to an aromatic ring is 1. The molecule has 0 fully saturated rings. The Morgan fingerprint density at radius 3 is 3.07 bits per heavy atom. The number of halogens is 1. The number of rotatable bonds is 5. The zero-order valence-corrected chi connectivity index (χ0v) is 10.7. The number of hydrazine groups is 1. The van der Waals surface area contributed by atoms with Crippen LogP contribution >= 0.6 is 27.7 Å². The fourth-order valence-corrected chi connectivity index (χ4v) is 2.22. The van der Waals surface area contributed by atoms with Gasteiger partial charge < -0.3 is 5.11 Å². The Hall–Kier alpha value is -0.370. The third kappa shape index (κ3) is 3.94. The Labute approximate surface area is 101 Å². The second-order valence-corrected chi connectivity index (χ2v) is 4.95. The summed E-state index contributed by atoms with van der Waals surface area (Å²) in [5, 5.41) is 9.71. The molecule has 0 bridgehead atoms. The van der Waals surface area contributed by atoms with Crippen molar-refractivity contribution in [2.75, 3.05) is 17.8 Å². The van der Waals surface area contributed by atoms with Crippen LogP contribution in [0.3, 0.4) is 0 Å². The Kier molecular flexibility index (Phi) is 5.30. The van der Waals surface area contributed by atoms with Crippen molar-refractivity contribution in [2.24, 2.45) is 11.8 Å². The summed E-state index contributed by atoms with van der Waals surface area (Å²) < 4.78 is 0.830. The van der Waals surface area contributed by atoms with E-state index < -0.39 is 0 Å². The van der Waals surface area contributed by atoms with Crippen molar-refractivity contribution >= 4 is 33.6 Å². The van der Waals surface area contributed by atoms with Crippen molar-refractivity contribution in [1.82, 2.24) is 9.97 Å². The molecule has 0 spiro atoms. The zero-order chi connectivity index (χ0) is 11.3. The van der Waals surface area contributed by atoms with E-state index >= 15 is 0 Å². The molecule has 0 amide bonds. The predicted octanol–water partition coefficient (Wildman–Crippen LogP) is 1.25. The van der Waals surface area contributed by atoms with Crippen molar-refractivity contribution in [3.05, 3.63) is 10.7 Å². The number of nitrogens with one attached hydrogen (secondary N) is 1. The van der Waals surface area contributed by atoms with Crippen LogP contribution in [0, 0.1) is 5.92 Å².